The van der Waals surface area contributed by atoms with Crippen molar-refractivity contribution < 1.29 is 14.3 Å². The summed E-state index contributed by atoms with van der Waals surface area (Å²) < 4.78 is 13.7. The summed E-state index contributed by atoms with van der Waals surface area (Å²) in [6, 6.07) is 10.6. The highest BCUT2D eigenvalue weighted by Crippen LogP contribution is 2.31. The number of aromatic nitrogens is 1. The highest BCUT2D eigenvalue weighted by molar-refractivity contribution is 9.11. The monoisotopic (exact) mass is 518 g/mol. The third-order valence-electron chi connectivity index (χ3n) is 4.82. The molecule has 0 saturated carbocycles. The molecule has 1 aromatic carbocycles. The molecule has 0 amide bonds. The smallest absolute Gasteiger partial charge is 0.338 e. The third-order valence-corrected chi connectivity index (χ3v) is 7.37. The number of thiazole rings is 1. The maximum atomic E-state index is 13.4. The number of carbonyl (C=O) groups excluding carboxylic acids is 1. The molecule has 1 aliphatic heterocycles. The van der Waals surface area contributed by atoms with Crippen LogP contribution in [0.2, 0.25) is 0 Å². The highest BCUT2D eigenvalue weighted by Gasteiger charge is 2.33. The number of ether oxygens (including phenoxy) is 2. The number of nitrogens with zero attached hydrogens (tertiary/aromatic N) is 2. The van der Waals surface area contributed by atoms with Crippen LogP contribution in [-0.2, 0) is 9.53 Å². The number of benzene rings is 1. The summed E-state index contributed by atoms with van der Waals surface area (Å²) in [4.78, 5) is 32.4. The van der Waals surface area contributed by atoms with Gasteiger partial charge in [0.05, 0.1) is 39.3 Å². The quantitative estimate of drug-likeness (QED) is 0.483. The molecule has 9 heteroatoms. The first kappa shape index (κ1) is 21.7. The summed E-state index contributed by atoms with van der Waals surface area (Å²) in [5.41, 5.74) is 1.50. The van der Waals surface area contributed by atoms with Gasteiger partial charge in [-0.1, -0.05) is 23.5 Å². The Morgan fingerprint density at radius 2 is 1.97 bits per heavy atom. The third kappa shape index (κ3) is 4.17. The van der Waals surface area contributed by atoms with Gasteiger partial charge in [-0.15, -0.1) is 11.3 Å². The van der Waals surface area contributed by atoms with Gasteiger partial charge in [0.2, 0.25) is 0 Å². The fourth-order valence-electron chi connectivity index (χ4n) is 3.43. The molecule has 0 bridgehead atoms. The molecular formula is C22H19BrN2O4S2. The normalized spacial score (nSPS) is 16.1. The maximum absolute atomic E-state index is 13.4. The van der Waals surface area contributed by atoms with Gasteiger partial charge in [-0.25, -0.2) is 9.79 Å². The predicted octanol–water partition coefficient (Wildman–Crippen LogP) is 3.63. The Hall–Kier alpha value is -2.49. The molecule has 0 N–H and O–H groups in total. The van der Waals surface area contributed by atoms with Gasteiger partial charge in [-0.05, 0) is 65.7 Å². The Kier molecular flexibility index (Phi) is 6.27. The molecule has 6 nitrogen and oxygen atoms in total. The lowest BCUT2D eigenvalue weighted by molar-refractivity contribution is -0.139. The van der Waals surface area contributed by atoms with Gasteiger partial charge >= 0.3 is 5.97 Å². The predicted molar refractivity (Wildman–Crippen MR) is 125 cm³/mol. The number of carbonyl (C=O) groups is 1. The van der Waals surface area contributed by atoms with Crippen molar-refractivity contribution in [2.75, 3.05) is 13.7 Å². The lowest BCUT2D eigenvalue weighted by atomic mass is 9.96. The average Bonchev–Trinajstić information content (AvgIpc) is 3.30. The van der Waals surface area contributed by atoms with Crippen molar-refractivity contribution in [3.05, 3.63) is 81.6 Å². The second-order valence-corrected chi connectivity index (χ2v) is 10.2. The summed E-state index contributed by atoms with van der Waals surface area (Å²) in [6.45, 7) is 3.77. The van der Waals surface area contributed by atoms with Gasteiger partial charge in [-0.2, -0.15) is 0 Å². The van der Waals surface area contributed by atoms with Crippen LogP contribution in [0.5, 0.6) is 5.75 Å². The van der Waals surface area contributed by atoms with E-state index in [1.54, 1.807) is 36.9 Å². The number of rotatable bonds is 5. The molecule has 4 rings (SSSR count). The zero-order valence-electron chi connectivity index (χ0n) is 17.0. The molecule has 160 valence electrons. The van der Waals surface area contributed by atoms with E-state index in [9.17, 15) is 9.59 Å². The van der Waals surface area contributed by atoms with E-state index in [-0.39, 0.29) is 12.2 Å². The summed E-state index contributed by atoms with van der Waals surface area (Å²) >= 11 is 6.30. The van der Waals surface area contributed by atoms with Gasteiger partial charge < -0.3 is 9.47 Å². The Bertz CT molecular complexity index is 1350. The minimum Gasteiger partial charge on any atom is -0.497 e. The van der Waals surface area contributed by atoms with Gasteiger partial charge in [-0.3, -0.25) is 9.36 Å². The Morgan fingerprint density at radius 1 is 1.23 bits per heavy atom. The Balaban J connectivity index is 1.94. The molecule has 2 aromatic heterocycles. The minimum absolute atomic E-state index is 0.191. The Labute approximate surface area is 194 Å². The zero-order chi connectivity index (χ0) is 22.1. The summed E-state index contributed by atoms with van der Waals surface area (Å²) in [5, 5.41) is 0. The molecule has 0 fully saturated rings. The van der Waals surface area contributed by atoms with Crippen molar-refractivity contribution in [3.63, 3.8) is 0 Å². The molecule has 31 heavy (non-hydrogen) atoms. The number of hydrogen-bond acceptors (Lipinski definition) is 7. The van der Waals surface area contributed by atoms with E-state index in [2.05, 4.69) is 20.9 Å². The van der Waals surface area contributed by atoms with Crippen LogP contribution in [0.1, 0.15) is 30.3 Å². The van der Waals surface area contributed by atoms with Crippen LogP contribution in [0, 0.1) is 0 Å². The first-order valence-electron chi connectivity index (χ1n) is 9.52. The van der Waals surface area contributed by atoms with Crippen molar-refractivity contribution in [2.24, 2.45) is 4.99 Å². The van der Waals surface area contributed by atoms with Crippen molar-refractivity contribution in [1.29, 1.82) is 0 Å². The lowest BCUT2D eigenvalue weighted by Gasteiger charge is -2.24. The number of esters is 1. The SMILES string of the molecule is CCOC(=O)C1=C(C)N=c2s/c(=C/c3ccc(Br)s3)c(=O)n2C1c1ccc(OC)cc1. The first-order valence-corrected chi connectivity index (χ1v) is 11.9. The van der Waals surface area contributed by atoms with E-state index in [4.69, 9.17) is 9.47 Å². The van der Waals surface area contributed by atoms with E-state index in [1.165, 1.54) is 11.3 Å². The lowest BCUT2D eigenvalue weighted by Crippen LogP contribution is -2.39. The topological polar surface area (TPSA) is 69.9 Å². The van der Waals surface area contributed by atoms with Crippen molar-refractivity contribution in [3.8, 4) is 5.75 Å². The zero-order valence-corrected chi connectivity index (χ0v) is 20.3. The van der Waals surface area contributed by atoms with Crippen molar-refractivity contribution in [1.82, 2.24) is 4.57 Å². The average molecular weight is 519 g/mol. The van der Waals surface area contributed by atoms with Crippen molar-refractivity contribution in [2.45, 2.75) is 19.9 Å². The fraction of sp³-hybridized carbons (Fsp3) is 0.227. The molecule has 1 atom stereocenters. The number of methoxy groups -OCH3 is 1. The molecule has 0 spiro atoms. The molecule has 0 aliphatic carbocycles. The maximum Gasteiger partial charge on any atom is 0.338 e. The molecule has 0 radical (unpaired) electrons. The van der Waals surface area contributed by atoms with E-state index >= 15 is 0 Å². The minimum atomic E-state index is -0.626. The van der Waals surface area contributed by atoms with Crippen molar-refractivity contribution >= 4 is 50.6 Å². The van der Waals surface area contributed by atoms with E-state index < -0.39 is 12.0 Å². The van der Waals surface area contributed by atoms with Gasteiger partial charge in [0.15, 0.2) is 4.80 Å². The second kappa shape index (κ2) is 8.94. The molecule has 0 saturated heterocycles. The molecule has 3 heterocycles. The molecule has 1 unspecified atom stereocenters. The number of fused-ring (bicyclic) bond motifs is 1. The Morgan fingerprint density at radius 3 is 2.58 bits per heavy atom. The summed E-state index contributed by atoms with van der Waals surface area (Å²) in [5.74, 6) is 0.221. The fourth-order valence-corrected chi connectivity index (χ4v) is 5.91. The van der Waals surface area contributed by atoms with E-state index in [0.717, 1.165) is 14.2 Å². The largest absolute Gasteiger partial charge is 0.497 e. The van der Waals surface area contributed by atoms with Crippen LogP contribution >= 0.6 is 38.6 Å². The van der Waals surface area contributed by atoms with Crippen LogP contribution in [0.4, 0.5) is 0 Å². The van der Waals surface area contributed by atoms with Crippen LogP contribution in [0.15, 0.2) is 61.2 Å². The van der Waals surface area contributed by atoms with Crippen LogP contribution in [-0.4, -0.2) is 24.3 Å². The van der Waals surface area contributed by atoms with Gasteiger partial charge in [0, 0.05) is 4.88 Å². The standard InChI is InChI=1S/C22H19BrN2O4S2/c1-4-29-21(27)18-12(2)24-22-25(19(18)13-5-7-14(28-3)8-6-13)20(26)16(31-22)11-15-9-10-17(23)30-15/h5-11,19H,4H2,1-3H3/b16-11+. The number of allylic oxidation sites excluding steroid dienone is 1. The molecule has 1 aliphatic rings. The summed E-state index contributed by atoms with van der Waals surface area (Å²) in [7, 11) is 1.59. The van der Waals surface area contributed by atoms with Crippen LogP contribution < -0.4 is 19.6 Å². The van der Waals surface area contributed by atoms with Crippen LogP contribution in [0.3, 0.4) is 0 Å². The molecule has 3 aromatic rings. The summed E-state index contributed by atoms with van der Waals surface area (Å²) in [6.07, 6.45) is 1.85. The number of hydrogen-bond donors (Lipinski definition) is 0. The van der Waals surface area contributed by atoms with Gasteiger partial charge in [0.25, 0.3) is 5.56 Å². The number of halogens is 1. The van der Waals surface area contributed by atoms with E-state index in [1.807, 2.05) is 42.5 Å². The van der Waals surface area contributed by atoms with Gasteiger partial charge in [0.1, 0.15) is 5.75 Å². The second-order valence-electron chi connectivity index (χ2n) is 6.72. The highest BCUT2D eigenvalue weighted by atomic mass is 79.9. The van der Waals surface area contributed by atoms with Crippen LogP contribution in [0.25, 0.3) is 6.08 Å². The molecular weight excluding hydrogens is 500 g/mol. The number of thiophene rings is 1. The first-order chi connectivity index (χ1) is 14.9. The van der Waals surface area contributed by atoms with E-state index in [0.29, 0.717) is 26.4 Å².